The van der Waals surface area contributed by atoms with Gasteiger partial charge in [0.2, 0.25) is 0 Å². The van der Waals surface area contributed by atoms with E-state index < -0.39 is 0 Å². The maximum atomic E-state index is 13.7. The molecule has 5 heteroatoms. The lowest BCUT2D eigenvalue weighted by Crippen LogP contribution is -2.06. The van der Waals surface area contributed by atoms with Crippen LogP contribution in [0.2, 0.25) is 0 Å². The molecule has 1 aliphatic carbocycles. The van der Waals surface area contributed by atoms with Crippen LogP contribution in [0.25, 0.3) is 11.0 Å². The van der Waals surface area contributed by atoms with Gasteiger partial charge in [0, 0.05) is 19.8 Å². The first-order valence-corrected chi connectivity index (χ1v) is 7.60. The molecule has 0 atom stereocenters. The second-order valence-corrected chi connectivity index (χ2v) is 5.56. The smallest absolute Gasteiger partial charge is 0.151 e. The summed E-state index contributed by atoms with van der Waals surface area (Å²) in [7, 11) is 0. The summed E-state index contributed by atoms with van der Waals surface area (Å²) in [6, 6.07) is 5.01. The number of fused-ring (bicyclic) bond motifs is 1. The molecule has 0 saturated heterocycles. The largest absolute Gasteiger partial charge is 0.381 e. The van der Waals surface area contributed by atoms with Gasteiger partial charge in [-0.2, -0.15) is 0 Å². The van der Waals surface area contributed by atoms with Gasteiger partial charge in [0.1, 0.15) is 11.3 Å². The third-order valence-electron chi connectivity index (χ3n) is 3.65. The zero-order chi connectivity index (χ0) is 13.9. The van der Waals surface area contributed by atoms with E-state index in [0.29, 0.717) is 11.3 Å². The van der Waals surface area contributed by atoms with Crippen LogP contribution in [-0.2, 0) is 17.2 Å². The van der Waals surface area contributed by atoms with E-state index >= 15 is 0 Å². The van der Waals surface area contributed by atoms with E-state index in [4.69, 9.17) is 16.3 Å². The lowest BCUT2D eigenvalue weighted by Gasteiger charge is -2.08. The van der Waals surface area contributed by atoms with Crippen molar-refractivity contribution < 1.29 is 9.13 Å². The van der Waals surface area contributed by atoms with Crippen molar-refractivity contribution in [2.75, 3.05) is 13.2 Å². The topological polar surface area (TPSA) is 27.1 Å². The quantitative estimate of drug-likeness (QED) is 0.575. The number of benzene rings is 1. The SMILES string of the molecule is Fc1cccc2c1nc(CCl)n2CCCOCC1CC1. The van der Waals surface area contributed by atoms with Crippen LogP contribution < -0.4 is 0 Å². The highest BCUT2D eigenvalue weighted by atomic mass is 35.5. The van der Waals surface area contributed by atoms with Crippen molar-refractivity contribution in [1.82, 2.24) is 9.55 Å². The van der Waals surface area contributed by atoms with E-state index in [-0.39, 0.29) is 11.7 Å². The number of para-hydroxylation sites is 1. The molecule has 3 nitrogen and oxygen atoms in total. The van der Waals surface area contributed by atoms with E-state index in [9.17, 15) is 4.39 Å². The number of imidazole rings is 1. The van der Waals surface area contributed by atoms with Gasteiger partial charge in [-0.15, -0.1) is 11.6 Å². The standard InChI is InChI=1S/C15H18ClFN2O/c16-9-14-18-15-12(17)3-1-4-13(15)19(14)7-2-8-20-10-11-5-6-11/h1,3-4,11H,2,5-10H2. The van der Waals surface area contributed by atoms with Crippen LogP contribution in [0.5, 0.6) is 0 Å². The van der Waals surface area contributed by atoms with Crippen molar-refractivity contribution in [2.45, 2.75) is 31.7 Å². The fraction of sp³-hybridized carbons (Fsp3) is 0.533. The number of nitrogens with zero attached hydrogens (tertiary/aromatic N) is 2. The molecule has 2 aromatic rings. The van der Waals surface area contributed by atoms with Crippen LogP contribution in [0.15, 0.2) is 18.2 Å². The second kappa shape index (κ2) is 6.10. The first-order valence-electron chi connectivity index (χ1n) is 7.07. The number of ether oxygens (including phenoxy) is 1. The van der Waals surface area contributed by atoms with Gasteiger partial charge in [-0.1, -0.05) is 6.07 Å². The minimum atomic E-state index is -0.294. The molecule has 1 heterocycles. The predicted molar refractivity (Wildman–Crippen MR) is 77.4 cm³/mol. The molecule has 1 fully saturated rings. The molecule has 20 heavy (non-hydrogen) atoms. The van der Waals surface area contributed by atoms with Crippen LogP contribution >= 0.6 is 11.6 Å². The normalized spacial score (nSPS) is 15.1. The maximum absolute atomic E-state index is 13.7. The Morgan fingerprint density at radius 3 is 3.00 bits per heavy atom. The number of alkyl halides is 1. The molecule has 3 rings (SSSR count). The zero-order valence-corrected chi connectivity index (χ0v) is 12.1. The van der Waals surface area contributed by atoms with Gasteiger partial charge in [-0.3, -0.25) is 0 Å². The molecular formula is C15H18ClFN2O. The minimum Gasteiger partial charge on any atom is -0.381 e. The summed E-state index contributed by atoms with van der Waals surface area (Å²) in [5, 5.41) is 0. The summed E-state index contributed by atoms with van der Waals surface area (Å²) in [5.41, 5.74) is 1.21. The van der Waals surface area contributed by atoms with Gasteiger partial charge in [0.25, 0.3) is 0 Å². The van der Waals surface area contributed by atoms with Crippen LogP contribution in [0.3, 0.4) is 0 Å². The summed E-state index contributed by atoms with van der Waals surface area (Å²) in [4.78, 5) is 4.28. The van der Waals surface area contributed by atoms with Crippen molar-refractivity contribution in [2.24, 2.45) is 5.92 Å². The van der Waals surface area contributed by atoms with E-state index in [1.54, 1.807) is 6.07 Å². The average Bonchev–Trinajstić information content (AvgIpc) is 3.20. The molecule has 1 aliphatic rings. The van der Waals surface area contributed by atoms with Gasteiger partial charge in [0.15, 0.2) is 5.82 Å². The van der Waals surface area contributed by atoms with Crippen LogP contribution in [-0.4, -0.2) is 22.8 Å². The average molecular weight is 297 g/mol. The summed E-state index contributed by atoms with van der Waals surface area (Å²) in [6.07, 6.45) is 3.50. The van der Waals surface area contributed by atoms with Crippen LogP contribution in [0.4, 0.5) is 4.39 Å². The molecule has 0 N–H and O–H groups in total. The Balaban J connectivity index is 1.67. The molecule has 0 aliphatic heterocycles. The van der Waals surface area contributed by atoms with E-state index in [0.717, 1.165) is 37.6 Å². The Morgan fingerprint density at radius 1 is 1.40 bits per heavy atom. The molecule has 0 radical (unpaired) electrons. The Kier molecular flexibility index (Phi) is 4.22. The first-order chi connectivity index (χ1) is 9.79. The third kappa shape index (κ3) is 2.96. The van der Waals surface area contributed by atoms with Crippen molar-refractivity contribution in [1.29, 1.82) is 0 Å². The fourth-order valence-corrected chi connectivity index (χ4v) is 2.58. The van der Waals surface area contributed by atoms with Crippen LogP contribution in [0.1, 0.15) is 25.1 Å². The summed E-state index contributed by atoms with van der Waals surface area (Å²) in [6.45, 7) is 2.36. The van der Waals surface area contributed by atoms with Crippen molar-refractivity contribution >= 4 is 22.6 Å². The lowest BCUT2D eigenvalue weighted by atomic mass is 10.3. The minimum absolute atomic E-state index is 0.289. The Morgan fingerprint density at radius 2 is 2.25 bits per heavy atom. The molecule has 1 saturated carbocycles. The molecule has 108 valence electrons. The molecule has 1 aromatic heterocycles. The lowest BCUT2D eigenvalue weighted by molar-refractivity contribution is 0.119. The highest BCUT2D eigenvalue weighted by Gasteiger charge is 2.21. The number of hydrogen-bond donors (Lipinski definition) is 0. The van der Waals surface area contributed by atoms with Gasteiger partial charge in [-0.25, -0.2) is 9.37 Å². The van der Waals surface area contributed by atoms with Crippen molar-refractivity contribution in [3.63, 3.8) is 0 Å². The molecule has 0 amide bonds. The third-order valence-corrected chi connectivity index (χ3v) is 3.89. The predicted octanol–water partition coefficient (Wildman–Crippen LogP) is 3.73. The summed E-state index contributed by atoms with van der Waals surface area (Å²) < 4.78 is 21.3. The number of hydrogen-bond acceptors (Lipinski definition) is 2. The van der Waals surface area contributed by atoms with E-state index in [1.165, 1.54) is 18.9 Å². The van der Waals surface area contributed by atoms with Crippen molar-refractivity contribution in [3.8, 4) is 0 Å². The molecular weight excluding hydrogens is 279 g/mol. The summed E-state index contributed by atoms with van der Waals surface area (Å²) in [5.74, 6) is 1.50. The number of halogens is 2. The fourth-order valence-electron chi connectivity index (χ4n) is 2.37. The highest BCUT2D eigenvalue weighted by Crippen LogP contribution is 2.28. The zero-order valence-electron chi connectivity index (χ0n) is 11.3. The monoisotopic (exact) mass is 296 g/mol. The molecule has 0 spiro atoms. The molecule has 0 unspecified atom stereocenters. The summed E-state index contributed by atoms with van der Waals surface area (Å²) >= 11 is 5.91. The number of aryl methyl sites for hydroxylation is 1. The first kappa shape index (κ1) is 13.8. The molecule has 0 bridgehead atoms. The Hall–Kier alpha value is -1.13. The maximum Gasteiger partial charge on any atom is 0.151 e. The van der Waals surface area contributed by atoms with Gasteiger partial charge in [-0.05, 0) is 37.3 Å². The second-order valence-electron chi connectivity index (χ2n) is 5.29. The number of aromatic nitrogens is 2. The van der Waals surface area contributed by atoms with Gasteiger partial charge < -0.3 is 9.30 Å². The highest BCUT2D eigenvalue weighted by molar-refractivity contribution is 6.16. The Bertz CT molecular complexity index is 595. The van der Waals surface area contributed by atoms with Gasteiger partial charge >= 0.3 is 0 Å². The van der Waals surface area contributed by atoms with E-state index in [1.807, 2.05) is 10.6 Å². The van der Waals surface area contributed by atoms with Crippen molar-refractivity contribution in [3.05, 3.63) is 29.8 Å². The Labute approximate surface area is 122 Å². The molecule has 1 aromatic carbocycles. The van der Waals surface area contributed by atoms with Gasteiger partial charge in [0.05, 0.1) is 11.4 Å². The van der Waals surface area contributed by atoms with E-state index in [2.05, 4.69) is 4.98 Å². The number of rotatable bonds is 7. The van der Waals surface area contributed by atoms with Crippen LogP contribution in [0, 0.1) is 11.7 Å².